The first-order valence-corrected chi connectivity index (χ1v) is 51.4. The van der Waals surface area contributed by atoms with Gasteiger partial charge in [-0.05, 0) is 297 Å². The van der Waals surface area contributed by atoms with Crippen molar-refractivity contribution in [2.75, 3.05) is 19.6 Å². The molecule has 27 rings (SSSR count). The quantitative estimate of drug-likeness (QED) is 0.128. The van der Waals surface area contributed by atoms with E-state index < -0.39 is 0 Å². The van der Waals surface area contributed by atoms with Crippen molar-refractivity contribution in [3.63, 3.8) is 0 Å². The summed E-state index contributed by atoms with van der Waals surface area (Å²) in [6, 6.07) is 173. The van der Waals surface area contributed by atoms with Gasteiger partial charge < -0.3 is 19.6 Å². The highest BCUT2D eigenvalue weighted by Crippen LogP contribution is 2.58. The predicted octanol–water partition coefficient (Wildman–Crippen LogP) is 41.5. The van der Waals surface area contributed by atoms with Gasteiger partial charge in [-0.1, -0.05) is 418 Å². The first-order chi connectivity index (χ1) is 68.8. The largest absolute Gasteiger partial charge is 0.309 e. The summed E-state index contributed by atoms with van der Waals surface area (Å²) in [4.78, 5) is 9.62. The summed E-state index contributed by atoms with van der Waals surface area (Å²) in [6.45, 7) is 3.90. The van der Waals surface area contributed by atoms with E-state index in [9.17, 15) is 0 Å². The van der Waals surface area contributed by atoms with Crippen LogP contribution in [0.4, 0.5) is 68.2 Å². The molecule has 0 bridgehead atoms. The molecule has 0 atom stereocenters. The van der Waals surface area contributed by atoms with Gasteiger partial charge in [-0.3, -0.25) is 0 Å². The maximum absolute atomic E-state index is 3.90. The van der Waals surface area contributed by atoms with Crippen molar-refractivity contribution in [3.8, 4) is 111 Å². The maximum atomic E-state index is 3.90. The minimum atomic E-state index is 1.05. The molecule has 23 aromatic rings. The van der Waals surface area contributed by atoms with Crippen LogP contribution < -0.4 is 19.6 Å². The Morgan fingerprint density at radius 3 is 0.879 bits per heavy atom. The summed E-state index contributed by atoms with van der Waals surface area (Å²) in [5.74, 6) is 0. The maximum Gasteiger partial charge on any atom is 0.0546 e. The Kier molecular flexibility index (Phi) is 23.5. The van der Waals surface area contributed by atoms with E-state index >= 15 is 0 Å². The highest BCUT2D eigenvalue weighted by molar-refractivity contribution is 9.11. The zero-order valence-corrected chi connectivity index (χ0v) is 85.0. The second kappa shape index (κ2) is 37.5. The van der Waals surface area contributed by atoms with Crippen molar-refractivity contribution in [3.05, 3.63) is 518 Å². The van der Waals surface area contributed by atoms with Crippen molar-refractivity contribution < 1.29 is 0 Å². The van der Waals surface area contributed by atoms with E-state index in [0.29, 0.717) is 0 Å². The van der Waals surface area contributed by atoms with Crippen LogP contribution in [0.2, 0.25) is 0 Å². The van der Waals surface area contributed by atoms with Gasteiger partial charge in [0, 0.05) is 93.4 Å². The molecule has 10 heteroatoms. The lowest BCUT2D eigenvalue weighted by molar-refractivity contribution is 1.28. The van der Waals surface area contributed by atoms with Gasteiger partial charge in [0.1, 0.15) is 0 Å². The molecule has 4 aliphatic heterocycles. The molecule has 4 aliphatic rings. The van der Waals surface area contributed by atoms with Crippen LogP contribution in [0.5, 0.6) is 0 Å². The first kappa shape index (κ1) is 87.9. The van der Waals surface area contributed by atoms with Crippen LogP contribution in [-0.2, 0) is 0 Å². The lowest BCUT2D eigenvalue weighted by Gasteiger charge is -2.34. The normalized spacial score (nSPS) is 12.0. The molecule has 0 unspecified atom stereocenters. The summed E-state index contributed by atoms with van der Waals surface area (Å²) in [5, 5.41) is 12.7. The number of hydrogen-bond acceptors (Lipinski definition) is 4. The molecule has 0 saturated carbocycles. The van der Waals surface area contributed by atoms with Gasteiger partial charge >= 0.3 is 0 Å². The zero-order valence-electron chi connectivity index (χ0n) is 75.5. The number of rotatable bonds is 11. The average Bonchev–Trinajstić information content (AvgIpc) is 0.734. The van der Waals surface area contributed by atoms with E-state index in [2.05, 4.69) is 601 Å². The Labute approximate surface area is 864 Å². The molecule has 0 amide bonds. The first-order valence-electron chi connectivity index (χ1n) is 46.6. The minimum absolute atomic E-state index is 1.05. The lowest BCUT2D eigenvalue weighted by atomic mass is 9.89. The number of fused-ring (bicyclic) bond motifs is 9. The van der Waals surface area contributed by atoms with E-state index in [4.69, 9.17) is 0 Å². The highest BCUT2D eigenvalue weighted by atomic mass is 79.9. The lowest BCUT2D eigenvalue weighted by Crippen LogP contribution is -2.15. The van der Waals surface area contributed by atoms with E-state index in [-0.39, 0.29) is 0 Å². The molecule has 0 spiro atoms. The van der Waals surface area contributed by atoms with Crippen molar-refractivity contribution in [1.29, 1.82) is 0 Å². The Hall–Kier alpha value is -14.8. The van der Waals surface area contributed by atoms with Crippen LogP contribution in [0.3, 0.4) is 0 Å². The molecule has 0 aliphatic carbocycles. The van der Waals surface area contributed by atoms with Crippen LogP contribution in [0.25, 0.3) is 171 Å². The van der Waals surface area contributed by atoms with E-state index in [1.807, 2.05) is 6.08 Å². The van der Waals surface area contributed by atoms with E-state index in [1.54, 1.807) is 0 Å². The number of para-hydroxylation sites is 1. The fourth-order valence-corrected chi connectivity index (χ4v) is 24.1. The summed E-state index contributed by atoms with van der Waals surface area (Å²) in [7, 11) is 0. The molecule has 0 aromatic heterocycles. The Bertz CT molecular complexity index is 8790. The summed E-state index contributed by atoms with van der Waals surface area (Å²) < 4.78 is 6.39. The van der Waals surface area contributed by atoms with Gasteiger partial charge in [-0.25, -0.2) is 0 Å². The van der Waals surface area contributed by atoms with Crippen LogP contribution in [-0.4, -0.2) is 0 Å². The zero-order chi connectivity index (χ0) is 94.2. The molecule has 23 aromatic carbocycles. The summed E-state index contributed by atoms with van der Waals surface area (Å²) >= 11 is 21.9. The number of nitrogens with zero attached hydrogens (tertiary/aromatic N) is 4. The molecule has 0 fully saturated rings. The van der Waals surface area contributed by atoms with Gasteiger partial charge in [-0.15, -0.1) is 0 Å². The molecule has 4 nitrogen and oxygen atoms in total. The third-order valence-corrected chi connectivity index (χ3v) is 30.0. The third-order valence-electron chi connectivity index (χ3n) is 27.1. The van der Waals surface area contributed by atoms with Crippen molar-refractivity contribution in [1.82, 2.24) is 0 Å². The SMILES string of the molecule is Brc1cc(-c2ccccc2)cc(-c2ccc3c(c2)N(c2ccccc2)c2cccc4cccc-3c24)c1.Brc1cc(Br)cc(-c2ccc3c(c2)N(c2ccc(-c4ccccc4)cc2)c2cccc4cccc-3c24)c1.Brc1cc(Br)cc(-c2ccc3c(c2)N(c2ccc4ccccc4c2)c2cccc4cccc-3c24)c1.C=Cc1ccc(N2c3ccc(-c4ccc(Br)cc4)cc3-c3cccc4cccc2c34)cc1. The summed E-state index contributed by atoms with van der Waals surface area (Å²) in [5.41, 5.74) is 39.9. The smallest absolute Gasteiger partial charge is 0.0546 e. The van der Waals surface area contributed by atoms with Crippen LogP contribution in [0.15, 0.2) is 513 Å². The molecular weight excluding hydrogens is 2100 g/mol. The predicted molar refractivity (Wildman–Crippen MR) is 617 cm³/mol. The van der Waals surface area contributed by atoms with Gasteiger partial charge in [0.05, 0.1) is 45.5 Å². The topological polar surface area (TPSA) is 13.0 Å². The number of anilines is 12. The summed E-state index contributed by atoms with van der Waals surface area (Å²) in [6.07, 6.45) is 1.88. The van der Waals surface area contributed by atoms with Crippen molar-refractivity contribution in [2.24, 2.45) is 0 Å². The van der Waals surface area contributed by atoms with Crippen molar-refractivity contribution in [2.45, 2.75) is 0 Å². The number of hydrogen-bond donors (Lipinski definition) is 0. The molecule has 0 saturated heterocycles. The number of halogens is 6. The second-order valence-corrected chi connectivity index (χ2v) is 41.0. The fraction of sp³-hybridized carbons (Fsp3) is 0. The highest BCUT2D eigenvalue weighted by Gasteiger charge is 2.33. The van der Waals surface area contributed by atoms with Crippen LogP contribution in [0.1, 0.15) is 5.56 Å². The van der Waals surface area contributed by atoms with Crippen LogP contribution >= 0.6 is 95.6 Å². The number of benzene rings is 23. The molecule has 140 heavy (non-hydrogen) atoms. The Morgan fingerprint density at radius 1 is 0.150 bits per heavy atom. The third kappa shape index (κ3) is 16.6. The molecule has 664 valence electrons. The molecule has 0 N–H and O–H groups in total. The fourth-order valence-electron chi connectivity index (χ4n) is 20.8. The van der Waals surface area contributed by atoms with Crippen molar-refractivity contribution >= 4 is 224 Å². The van der Waals surface area contributed by atoms with E-state index in [0.717, 1.165) is 49.5 Å². The second-order valence-electron chi connectivity index (χ2n) is 35.5. The minimum Gasteiger partial charge on any atom is -0.309 e. The van der Waals surface area contributed by atoms with Gasteiger partial charge in [0.2, 0.25) is 0 Å². The van der Waals surface area contributed by atoms with Gasteiger partial charge in [-0.2, -0.15) is 0 Å². The van der Waals surface area contributed by atoms with Gasteiger partial charge in [0.25, 0.3) is 0 Å². The monoisotopic (exact) mass is 2170 g/mol. The Balaban J connectivity index is 0.000000101. The van der Waals surface area contributed by atoms with E-state index in [1.165, 1.54) is 216 Å². The van der Waals surface area contributed by atoms with Crippen LogP contribution in [0, 0.1) is 0 Å². The van der Waals surface area contributed by atoms with Gasteiger partial charge in [0.15, 0.2) is 0 Å². The standard InChI is InChI=1S/C34H21Br2N.C34H22BrN.C32H19Br2N.C30H20BrN/c35-27-18-26(19-28(36)21-27)25-14-17-30-31-10-4-8-24-9-5-11-32(34(24)31)37(33(30)20-25)29-15-12-23(13-16-29)22-6-2-1-3-7-22;35-28-20-26(23-9-3-1-4-10-23)19-27(21-28)25-17-18-30-31-15-7-11-24-12-8-16-32(34(24)31)36(33(30)22-25)29-13-5-2-6-14-29;33-25-15-24(16-26(34)19-25)23-12-14-28-29-9-3-7-21-8-4-10-30(32(21)29)35(31(28)18-23)27-13-11-20-5-1-2-6-22(20)17-27;1-2-20-9-16-25(17-10-20)32-28-18-13-23(21-11-14-24(31)15-12-21)19-27(28)26-7-3-5-22-6-4-8-29(32)30(22)26/h1-21H;1-22H;1-19H;2-19H,1H2. The molecule has 0 radical (unpaired) electrons. The molecule has 4 heterocycles. The molecular formula is C130H82Br6N4. The average molecular weight is 2180 g/mol. The Morgan fingerprint density at radius 2 is 0.443 bits per heavy atom.